The summed E-state index contributed by atoms with van der Waals surface area (Å²) in [5.41, 5.74) is 2.24. The first-order valence-corrected chi connectivity index (χ1v) is 6.33. The van der Waals surface area contributed by atoms with Crippen LogP contribution in [-0.4, -0.2) is 25.8 Å². The van der Waals surface area contributed by atoms with Crippen molar-refractivity contribution in [1.82, 2.24) is 19.3 Å². The minimum atomic E-state index is 0.104. The maximum atomic E-state index is 11.7. The molecule has 0 radical (unpaired) electrons. The number of nitrogens with one attached hydrogen (secondary N) is 1. The van der Waals surface area contributed by atoms with Crippen molar-refractivity contribution >= 4 is 11.6 Å². The van der Waals surface area contributed by atoms with Crippen LogP contribution in [0.25, 0.3) is 5.78 Å². The standard InChI is InChI=1S/C13H18N4O/c1-8-4-10(18)5-11(15-8)12-7-17-9(2)6-14-13(17)16(12)3/h6-8,11,15H,4-5H2,1-3H3. The van der Waals surface area contributed by atoms with Crippen molar-refractivity contribution in [3.63, 3.8) is 0 Å². The van der Waals surface area contributed by atoms with Crippen LogP contribution >= 0.6 is 0 Å². The Bertz CT molecular complexity index is 610. The number of imidazole rings is 2. The number of rotatable bonds is 1. The van der Waals surface area contributed by atoms with Gasteiger partial charge in [-0.3, -0.25) is 9.20 Å². The first kappa shape index (κ1) is 11.5. The third kappa shape index (κ3) is 1.66. The molecule has 5 nitrogen and oxygen atoms in total. The van der Waals surface area contributed by atoms with E-state index in [0.717, 1.165) is 17.2 Å². The number of fused-ring (bicyclic) bond motifs is 1. The number of hydrogen-bond donors (Lipinski definition) is 1. The predicted octanol–water partition coefficient (Wildman–Crippen LogP) is 1.36. The zero-order valence-corrected chi connectivity index (χ0v) is 11.0. The third-order valence-corrected chi connectivity index (χ3v) is 3.72. The Morgan fingerprint density at radius 2 is 2.22 bits per heavy atom. The molecular formula is C13H18N4O. The Morgan fingerprint density at radius 1 is 1.44 bits per heavy atom. The smallest absolute Gasteiger partial charge is 0.214 e. The molecule has 0 spiro atoms. The average molecular weight is 246 g/mol. The van der Waals surface area contributed by atoms with Crippen molar-refractivity contribution in [3.05, 3.63) is 23.8 Å². The Morgan fingerprint density at radius 3 is 2.89 bits per heavy atom. The fraction of sp³-hybridized carbons (Fsp3) is 0.538. The number of nitrogens with zero attached hydrogens (tertiary/aromatic N) is 3. The summed E-state index contributed by atoms with van der Waals surface area (Å²) >= 11 is 0. The van der Waals surface area contributed by atoms with E-state index in [-0.39, 0.29) is 12.1 Å². The van der Waals surface area contributed by atoms with Crippen LogP contribution in [-0.2, 0) is 11.8 Å². The van der Waals surface area contributed by atoms with E-state index in [9.17, 15) is 4.79 Å². The number of carbonyl (C=O) groups is 1. The molecule has 2 unspecified atom stereocenters. The second-order valence-electron chi connectivity index (χ2n) is 5.25. The van der Waals surface area contributed by atoms with Crippen LogP contribution in [0.3, 0.4) is 0 Å². The molecule has 1 N–H and O–H groups in total. The van der Waals surface area contributed by atoms with Gasteiger partial charge in [-0.25, -0.2) is 4.98 Å². The van der Waals surface area contributed by atoms with E-state index in [1.54, 1.807) is 0 Å². The number of Topliss-reactive ketones (excluding diaryl/α,β-unsaturated/α-hetero) is 1. The van der Waals surface area contributed by atoms with Gasteiger partial charge in [0.25, 0.3) is 0 Å². The summed E-state index contributed by atoms with van der Waals surface area (Å²) in [6, 6.07) is 0.354. The van der Waals surface area contributed by atoms with E-state index in [1.807, 2.05) is 20.2 Å². The summed E-state index contributed by atoms with van der Waals surface area (Å²) in [7, 11) is 2.00. The van der Waals surface area contributed by atoms with Crippen LogP contribution in [0, 0.1) is 6.92 Å². The van der Waals surface area contributed by atoms with Crippen molar-refractivity contribution in [3.8, 4) is 0 Å². The van der Waals surface area contributed by atoms with Crippen LogP contribution in [0.1, 0.15) is 37.2 Å². The summed E-state index contributed by atoms with van der Waals surface area (Å²) < 4.78 is 4.14. The molecule has 0 aliphatic carbocycles. The van der Waals surface area contributed by atoms with Crippen molar-refractivity contribution < 1.29 is 4.79 Å². The van der Waals surface area contributed by atoms with E-state index < -0.39 is 0 Å². The number of hydrogen-bond acceptors (Lipinski definition) is 3. The number of aromatic nitrogens is 3. The van der Waals surface area contributed by atoms with Gasteiger partial charge in [0.05, 0.1) is 17.9 Å². The fourth-order valence-corrected chi connectivity index (χ4v) is 2.80. The lowest BCUT2D eigenvalue weighted by molar-refractivity contribution is -0.121. The van der Waals surface area contributed by atoms with E-state index >= 15 is 0 Å². The van der Waals surface area contributed by atoms with Gasteiger partial charge in [-0.05, 0) is 13.8 Å². The molecule has 0 amide bonds. The first-order valence-electron chi connectivity index (χ1n) is 6.33. The summed E-state index contributed by atoms with van der Waals surface area (Å²) in [5.74, 6) is 1.26. The lowest BCUT2D eigenvalue weighted by Crippen LogP contribution is -2.39. The van der Waals surface area contributed by atoms with Crippen molar-refractivity contribution in [2.45, 2.75) is 38.8 Å². The largest absolute Gasteiger partial charge is 0.315 e. The van der Waals surface area contributed by atoms with E-state index in [1.165, 1.54) is 0 Å². The van der Waals surface area contributed by atoms with Gasteiger partial charge in [-0.1, -0.05) is 0 Å². The molecule has 0 bridgehead atoms. The lowest BCUT2D eigenvalue weighted by Gasteiger charge is -2.28. The molecule has 2 atom stereocenters. The normalized spacial score (nSPS) is 24.9. The highest BCUT2D eigenvalue weighted by Gasteiger charge is 2.27. The molecule has 5 heteroatoms. The molecule has 3 heterocycles. The summed E-state index contributed by atoms with van der Waals surface area (Å²) in [5, 5.41) is 3.49. The molecule has 2 aromatic heterocycles. The van der Waals surface area contributed by atoms with Gasteiger partial charge in [0.1, 0.15) is 5.78 Å². The van der Waals surface area contributed by atoms with Crippen molar-refractivity contribution in [2.75, 3.05) is 0 Å². The highest BCUT2D eigenvalue weighted by atomic mass is 16.1. The highest BCUT2D eigenvalue weighted by Crippen LogP contribution is 2.25. The molecule has 1 aliphatic rings. The quantitative estimate of drug-likeness (QED) is 0.826. The molecule has 0 saturated carbocycles. The van der Waals surface area contributed by atoms with Crippen molar-refractivity contribution in [1.29, 1.82) is 0 Å². The average Bonchev–Trinajstić information content (AvgIpc) is 2.80. The number of carbonyl (C=O) groups excluding carboxylic acids is 1. The molecule has 1 fully saturated rings. The maximum absolute atomic E-state index is 11.7. The van der Waals surface area contributed by atoms with Gasteiger partial charge in [0, 0.05) is 37.8 Å². The zero-order valence-electron chi connectivity index (χ0n) is 11.0. The minimum absolute atomic E-state index is 0.104. The van der Waals surface area contributed by atoms with E-state index in [4.69, 9.17) is 0 Å². The summed E-state index contributed by atoms with van der Waals surface area (Å²) in [6.45, 7) is 4.09. The van der Waals surface area contributed by atoms with E-state index in [2.05, 4.69) is 32.4 Å². The topological polar surface area (TPSA) is 51.3 Å². The third-order valence-electron chi connectivity index (χ3n) is 3.72. The van der Waals surface area contributed by atoms with Crippen LogP contribution in [0.4, 0.5) is 0 Å². The summed E-state index contributed by atoms with van der Waals surface area (Å²) in [6.07, 6.45) is 5.16. The lowest BCUT2D eigenvalue weighted by atomic mass is 9.96. The van der Waals surface area contributed by atoms with E-state index in [0.29, 0.717) is 18.6 Å². The SMILES string of the molecule is Cc1cnc2n(C)c(C3CC(=O)CC(C)N3)cn12. The number of ketones is 1. The molecular weight excluding hydrogens is 228 g/mol. The van der Waals surface area contributed by atoms with Gasteiger partial charge in [-0.2, -0.15) is 0 Å². The first-order chi connectivity index (χ1) is 8.56. The second-order valence-corrected chi connectivity index (χ2v) is 5.25. The van der Waals surface area contributed by atoms with Crippen LogP contribution < -0.4 is 5.32 Å². The summed E-state index contributed by atoms with van der Waals surface area (Å²) in [4.78, 5) is 16.1. The van der Waals surface area contributed by atoms with Crippen LogP contribution in [0.15, 0.2) is 12.4 Å². The fourth-order valence-electron chi connectivity index (χ4n) is 2.80. The van der Waals surface area contributed by atoms with Crippen molar-refractivity contribution in [2.24, 2.45) is 7.05 Å². The Hall–Kier alpha value is -1.62. The Kier molecular flexibility index (Phi) is 2.52. The molecule has 2 aromatic rings. The molecule has 0 aromatic carbocycles. The second kappa shape index (κ2) is 3.95. The number of aryl methyl sites for hydroxylation is 2. The van der Waals surface area contributed by atoms with Crippen LogP contribution in [0.2, 0.25) is 0 Å². The molecule has 1 saturated heterocycles. The van der Waals surface area contributed by atoms with Gasteiger partial charge < -0.3 is 9.88 Å². The highest BCUT2D eigenvalue weighted by molar-refractivity contribution is 5.80. The van der Waals surface area contributed by atoms with Gasteiger partial charge in [0.2, 0.25) is 5.78 Å². The molecule has 3 rings (SSSR count). The minimum Gasteiger partial charge on any atom is -0.315 e. The Balaban J connectivity index is 2.03. The van der Waals surface area contributed by atoms with Crippen LogP contribution in [0.5, 0.6) is 0 Å². The van der Waals surface area contributed by atoms with Gasteiger partial charge >= 0.3 is 0 Å². The monoisotopic (exact) mass is 246 g/mol. The van der Waals surface area contributed by atoms with Gasteiger partial charge in [0.15, 0.2) is 0 Å². The zero-order chi connectivity index (χ0) is 12.9. The molecule has 96 valence electrons. The molecule has 18 heavy (non-hydrogen) atoms. The Labute approximate surface area is 106 Å². The molecule has 1 aliphatic heterocycles. The van der Waals surface area contributed by atoms with Gasteiger partial charge in [-0.15, -0.1) is 0 Å². The maximum Gasteiger partial charge on any atom is 0.214 e. The number of piperidine rings is 1. The predicted molar refractivity (Wildman–Crippen MR) is 68.5 cm³/mol.